The number of amides is 1. The summed E-state index contributed by atoms with van der Waals surface area (Å²) in [6.45, 7) is 0. The molecule has 8 nitrogen and oxygen atoms in total. The molecule has 0 fully saturated rings. The molecule has 0 bridgehead atoms. The molecule has 0 atom stereocenters. The number of carbonyl (C=O) groups excluding carboxylic acids is 1. The number of rotatable bonds is 4. The number of fused-ring (bicyclic) bond motifs is 1. The van der Waals surface area contributed by atoms with Crippen LogP contribution in [0.2, 0.25) is 0 Å². The number of aromatic nitrogens is 5. The third-order valence-electron chi connectivity index (χ3n) is 4.24. The van der Waals surface area contributed by atoms with Crippen LogP contribution in [0.25, 0.3) is 16.9 Å². The van der Waals surface area contributed by atoms with Crippen LogP contribution >= 0.6 is 0 Å². The second kappa shape index (κ2) is 7.43. The van der Waals surface area contributed by atoms with Crippen molar-refractivity contribution in [3.63, 3.8) is 0 Å². The molecule has 30 heavy (non-hydrogen) atoms. The van der Waals surface area contributed by atoms with Crippen LogP contribution in [0.3, 0.4) is 0 Å². The van der Waals surface area contributed by atoms with E-state index in [-0.39, 0.29) is 17.0 Å². The number of carbonyl (C=O) groups is 1. The molecule has 11 heteroatoms. The standard InChI is InChI=1S/C19H14F3N7O/c1-28-13(7-8-24-28)11-23-26-18(30)15-10-17-25-14(12-5-3-2-4-6-12)9-16(19(20,21)22)29(17)27-15/h2-11H,1H3,(H,26,30)/b23-11-. The molecule has 3 aromatic heterocycles. The maximum Gasteiger partial charge on any atom is 0.433 e. The predicted molar refractivity (Wildman–Crippen MR) is 102 cm³/mol. The van der Waals surface area contributed by atoms with Crippen LogP contribution < -0.4 is 5.43 Å². The number of benzene rings is 1. The maximum absolute atomic E-state index is 13.6. The fourth-order valence-corrected chi connectivity index (χ4v) is 2.77. The van der Waals surface area contributed by atoms with Crippen LogP contribution in [0.1, 0.15) is 21.9 Å². The van der Waals surface area contributed by atoms with Gasteiger partial charge in [0.2, 0.25) is 0 Å². The normalized spacial score (nSPS) is 12.0. The summed E-state index contributed by atoms with van der Waals surface area (Å²) in [7, 11) is 1.69. The summed E-state index contributed by atoms with van der Waals surface area (Å²) >= 11 is 0. The van der Waals surface area contributed by atoms with Crippen molar-refractivity contribution in [1.82, 2.24) is 29.8 Å². The number of nitrogens with zero attached hydrogens (tertiary/aromatic N) is 6. The van der Waals surface area contributed by atoms with Crippen molar-refractivity contribution in [1.29, 1.82) is 0 Å². The third-order valence-corrected chi connectivity index (χ3v) is 4.24. The molecule has 0 aliphatic heterocycles. The van der Waals surface area contributed by atoms with Crippen LogP contribution in [-0.4, -0.2) is 36.5 Å². The Morgan fingerprint density at radius 1 is 1.17 bits per heavy atom. The average molecular weight is 413 g/mol. The summed E-state index contributed by atoms with van der Waals surface area (Å²) in [6.07, 6.45) is -1.78. The van der Waals surface area contributed by atoms with Crippen molar-refractivity contribution < 1.29 is 18.0 Å². The van der Waals surface area contributed by atoms with Gasteiger partial charge in [0, 0.05) is 24.9 Å². The van der Waals surface area contributed by atoms with Crippen LogP contribution in [0, 0.1) is 0 Å². The molecule has 0 saturated carbocycles. The van der Waals surface area contributed by atoms with Crippen LogP contribution in [0.5, 0.6) is 0 Å². The molecule has 0 aliphatic rings. The summed E-state index contributed by atoms with van der Waals surface area (Å²) < 4.78 is 42.9. The molecule has 0 spiro atoms. The van der Waals surface area contributed by atoms with E-state index in [0.717, 1.165) is 6.07 Å². The number of hydrazone groups is 1. The van der Waals surface area contributed by atoms with Crippen LogP contribution in [-0.2, 0) is 13.2 Å². The fraction of sp³-hybridized carbons (Fsp3) is 0.105. The van der Waals surface area contributed by atoms with E-state index >= 15 is 0 Å². The van der Waals surface area contributed by atoms with Crippen molar-refractivity contribution in [3.8, 4) is 11.3 Å². The maximum atomic E-state index is 13.6. The second-order valence-corrected chi connectivity index (χ2v) is 6.27. The highest BCUT2D eigenvalue weighted by Crippen LogP contribution is 2.32. The van der Waals surface area contributed by atoms with Crippen molar-refractivity contribution in [2.75, 3.05) is 0 Å². The minimum atomic E-state index is -4.69. The zero-order valence-electron chi connectivity index (χ0n) is 15.5. The van der Waals surface area contributed by atoms with E-state index in [1.165, 1.54) is 17.0 Å². The monoisotopic (exact) mass is 413 g/mol. The van der Waals surface area contributed by atoms with E-state index in [0.29, 0.717) is 15.8 Å². The Labute approximate surface area is 167 Å². The van der Waals surface area contributed by atoms with E-state index in [2.05, 4.69) is 25.7 Å². The van der Waals surface area contributed by atoms with E-state index in [4.69, 9.17) is 0 Å². The average Bonchev–Trinajstić information content (AvgIpc) is 3.33. The Morgan fingerprint density at radius 2 is 1.93 bits per heavy atom. The van der Waals surface area contributed by atoms with Gasteiger partial charge in [-0.3, -0.25) is 9.48 Å². The summed E-state index contributed by atoms with van der Waals surface area (Å²) in [4.78, 5) is 16.5. The smallest absolute Gasteiger partial charge is 0.267 e. The third kappa shape index (κ3) is 3.77. The SMILES string of the molecule is Cn1nccc1/C=N\NC(=O)c1cc2nc(-c3ccccc3)cc(C(F)(F)F)n2n1. The first-order valence-electron chi connectivity index (χ1n) is 8.68. The Morgan fingerprint density at radius 3 is 2.60 bits per heavy atom. The lowest BCUT2D eigenvalue weighted by atomic mass is 10.1. The van der Waals surface area contributed by atoms with Gasteiger partial charge in [0.05, 0.1) is 17.6 Å². The van der Waals surface area contributed by atoms with Gasteiger partial charge in [0.15, 0.2) is 17.0 Å². The van der Waals surface area contributed by atoms with Gasteiger partial charge in [-0.05, 0) is 12.1 Å². The van der Waals surface area contributed by atoms with E-state index < -0.39 is 17.8 Å². The molecule has 1 amide bonds. The molecule has 0 radical (unpaired) electrons. The first-order chi connectivity index (χ1) is 14.3. The Kier molecular flexibility index (Phi) is 4.78. The zero-order valence-corrected chi connectivity index (χ0v) is 15.5. The zero-order chi connectivity index (χ0) is 21.3. The van der Waals surface area contributed by atoms with Gasteiger partial charge in [0.1, 0.15) is 0 Å². The summed E-state index contributed by atoms with van der Waals surface area (Å²) in [5.41, 5.74) is 2.10. The van der Waals surface area contributed by atoms with E-state index in [1.807, 2.05) is 0 Å². The number of hydrogen-bond acceptors (Lipinski definition) is 5. The molecule has 1 N–H and O–H groups in total. The number of aryl methyl sites for hydroxylation is 1. The van der Waals surface area contributed by atoms with Crippen molar-refractivity contribution in [2.45, 2.75) is 6.18 Å². The van der Waals surface area contributed by atoms with Crippen LogP contribution in [0.4, 0.5) is 13.2 Å². The van der Waals surface area contributed by atoms with Gasteiger partial charge >= 0.3 is 6.18 Å². The summed E-state index contributed by atoms with van der Waals surface area (Å²) in [5, 5.41) is 11.5. The van der Waals surface area contributed by atoms with Crippen LogP contribution in [0.15, 0.2) is 59.8 Å². The first-order valence-corrected chi connectivity index (χ1v) is 8.68. The lowest BCUT2D eigenvalue weighted by Gasteiger charge is -2.10. The largest absolute Gasteiger partial charge is 0.433 e. The number of alkyl halides is 3. The fourth-order valence-electron chi connectivity index (χ4n) is 2.77. The molecule has 3 heterocycles. The quantitative estimate of drug-likeness (QED) is 0.412. The van der Waals surface area contributed by atoms with Gasteiger partial charge < -0.3 is 0 Å². The molecule has 4 aromatic rings. The van der Waals surface area contributed by atoms with E-state index in [1.54, 1.807) is 49.6 Å². The van der Waals surface area contributed by atoms with Gasteiger partial charge in [-0.15, -0.1) is 0 Å². The molecule has 1 aromatic carbocycles. The predicted octanol–water partition coefficient (Wildman–Crippen LogP) is 2.91. The second-order valence-electron chi connectivity index (χ2n) is 6.27. The molecule has 152 valence electrons. The molecule has 4 rings (SSSR count). The summed E-state index contributed by atoms with van der Waals surface area (Å²) in [5.74, 6) is -0.770. The molecule has 0 unspecified atom stereocenters. The molecule has 0 saturated heterocycles. The van der Waals surface area contributed by atoms with Gasteiger partial charge in [-0.1, -0.05) is 30.3 Å². The summed E-state index contributed by atoms with van der Waals surface area (Å²) in [6, 6.07) is 12.2. The Bertz CT molecular complexity index is 1240. The van der Waals surface area contributed by atoms with E-state index in [9.17, 15) is 18.0 Å². The first kappa shape index (κ1) is 19.3. The highest BCUT2D eigenvalue weighted by molar-refractivity contribution is 5.94. The molecular weight excluding hydrogens is 399 g/mol. The Hall–Kier alpha value is -4.02. The van der Waals surface area contributed by atoms with Gasteiger partial charge in [-0.2, -0.15) is 28.5 Å². The lowest BCUT2D eigenvalue weighted by molar-refractivity contribution is -0.142. The topological polar surface area (TPSA) is 89.5 Å². The Balaban J connectivity index is 1.69. The number of halogens is 3. The van der Waals surface area contributed by atoms with Crippen molar-refractivity contribution in [3.05, 3.63) is 71.8 Å². The van der Waals surface area contributed by atoms with Crippen molar-refractivity contribution in [2.24, 2.45) is 12.1 Å². The minimum Gasteiger partial charge on any atom is -0.267 e. The number of nitrogens with one attached hydrogen (secondary N) is 1. The van der Waals surface area contributed by atoms with Gasteiger partial charge in [0.25, 0.3) is 5.91 Å². The lowest BCUT2D eigenvalue weighted by Crippen LogP contribution is -2.19. The highest BCUT2D eigenvalue weighted by atomic mass is 19.4. The number of hydrogen-bond donors (Lipinski definition) is 1. The highest BCUT2D eigenvalue weighted by Gasteiger charge is 2.35. The van der Waals surface area contributed by atoms with Gasteiger partial charge in [-0.25, -0.2) is 14.9 Å². The minimum absolute atomic E-state index is 0.107. The van der Waals surface area contributed by atoms with Crippen molar-refractivity contribution >= 4 is 17.8 Å². The molecule has 0 aliphatic carbocycles. The molecular formula is C19H14F3N7O.